The number of carbonyl (C=O) groups excluding carboxylic acids is 1. The maximum Gasteiger partial charge on any atom is 0.255 e. The van der Waals surface area contributed by atoms with Crippen molar-refractivity contribution in [3.63, 3.8) is 0 Å². The summed E-state index contributed by atoms with van der Waals surface area (Å²) in [5.74, 6) is 0.236. The normalized spacial score (nSPS) is 10.2. The molecule has 0 spiro atoms. The average molecular weight is 244 g/mol. The third kappa shape index (κ3) is 3.34. The van der Waals surface area contributed by atoms with E-state index in [1.165, 1.54) is 10.6 Å². The molecule has 0 aromatic carbocycles. The van der Waals surface area contributed by atoms with Gasteiger partial charge in [-0.25, -0.2) is 4.98 Å². The number of nitrogens with one attached hydrogen (secondary N) is 1. The van der Waals surface area contributed by atoms with Crippen LogP contribution in [0, 0.1) is 6.92 Å². The van der Waals surface area contributed by atoms with Gasteiger partial charge in [0, 0.05) is 12.6 Å². The Labute approximate surface area is 98.4 Å². The van der Waals surface area contributed by atoms with Crippen LogP contribution < -0.4 is 10.9 Å². The van der Waals surface area contributed by atoms with Gasteiger partial charge in [-0.1, -0.05) is 18.5 Å². The number of aryl methyl sites for hydroxylation is 1. The first-order valence-electron chi connectivity index (χ1n) is 5.05. The van der Waals surface area contributed by atoms with E-state index in [9.17, 15) is 9.59 Å². The number of nitrogens with zero attached hydrogens (tertiary/aromatic N) is 2. The van der Waals surface area contributed by atoms with Crippen LogP contribution in [0.2, 0.25) is 5.15 Å². The third-order valence-electron chi connectivity index (χ3n) is 2.04. The predicted molar refractivity (Wildman–Crippen MR) is 61.5 cm³/mol. The van der Waals surface area contributed by atoms with Crippen LogP contribution in [0.3, 0.4) is 0 Å². The standard InChI is InChI=1S/C10H14ClN3O2/c1-3-4-12-9(15)6-14-7(2)13-8(11)5-10(14)16/h5H,3-4,6H2,1-2H3,(H,12,15). The SMILES string of the molecule is CCCNC(=O)Cn1c(C)nc(Cl)cc1=O. The van der Waals surface area contributed by atoms with Gasteiger partial charge >= 0.3 is 0 Å². The minimum absolute atomic E-state index is 0.0190. The van der Waals surface area contributed by atoms with E-state index in [-0.39, 0.29) is 23.2 Å². The van der Waals surface area contributed by atoms with E-state index >= 15 is 0 Å². The lowest BCUT2D eigenvalue weighted by molar-refractivity contribution is -0.121. The highest BCUT2D eigenvalue weighted by Gasteiger charge is 2.07. The van der Waals surface area contributed by atoms with Gasteiger partial charge in [0.2, 0.25) is 5.91 Å². The molecule has 88 valence electrons. The molecule has 16 heavy (non-hydrogen) atoms. The summed E-state index contributed by atoms with van der Waals surface area (Å²) in [6.07, 6.45) is 0.860. The Kier molecular flexibility index (Phi) is 4.49. The summed E-state index contributed by atoms with van der Waals surface area (Å²) in [5, 5.41) is 2.84. The maximum atomic E-state index is 11.5. The Hall–Kier alpha value is -1.36. The monoisotopic (exact) mass is 243 g/mol. The number of carbonyl (C=O) groups is 1. The molecule has 0 aliphatic carbocycles. The van der Waals surface area contributed by atoms with E-state index in [1.54, 1.807) is 6.92 Å². The van der Waals surface area contributed by atoms with Gasteiger partial charge in [0.15, 0.2) is 0 Å². The minimum Gasteiger partial charge on any atom is -0.355 e. The van der Waals surface area contributed by atoms with E-state index < -0.39 is 0 Å². The van der Waals surface area contributed by atoms with E-state index in [0.717, 1.165) is 6.42 Å². The molecular formula is C10H14ClN3O2. The first-order chi connectivity index (χ1) is 7.54. The van der Waals surface area contributed by atoms with Crippen molar-refractivity contribution in [2.24, 2.45) is 0 Å². The highest BCUT2D eigenvalue weighted by atomic mass is 35.5. The fraction of sp³-hybridized carbons (Fsp3) is 0.500. The second-order valence-electron chi connectivity index (χ2n) is 3.40. The summed E-state index contributed by atoms with van der Waals surface area (Å²) in [4.78, 5) is 26.9. The minimum atomic E-state index is -0.316. The predicted octanol–water partition coefficient (Wildman–Crippen LogP) is 0.731. The molecule has 5 nitrogen and oxygen atoms in total. The topological polar surface area (TPSA) is 64.0 Å². The molecule has 1 rings (SSSR count). The van der Waals surface area contributed by atoms with Gasteiger partial charge in [-0.15, -0.1) is 0 Å². The molecule has 6 heteroatoms. The van der Waals surface area contributed by atoms with E-state index in [2.05, 4.69) is 10.3 Å². The average Bonchev–Trinajstić information content (AvgIpc) is 2.20. The Morgan fingerprint density at radius 1 is 1.62 bits per heavy atom. The first kappa shape index (κ1) is 12.7. The Morgan fingerprint density at radius 3 is 2.88 bits per heavy atom. The molecule has 0 fully saturated rings. The number of amides is 1. The molecule has 0 saturated carbocycles. The molecule has 0 radical (unpaired) electrons. The van der Waals surface area contributed by atoms with Crippen LogP contribution in [0.1, 0.15) is 19.2 Å². The zero-order valence-corrected chi connectivity index (χ0v) is 10.0. The molecule has 1 aromatic rings. The number of aromatic nitrogens is 2. The largest absolute Gasteiger partial charge is 0.355 e. The Bertz CT molecular complexity index is 442. The van der Waals surface area contributed by atoms with Crippen LogP contribution in [0.5, 0.6) is 0 Å². The molecule has 0 bridgehead atoms. The first-order valence-corrected chi connectivity index (χ1v) is 5.43. The molecule has 1 N–H and O–H groups in total. The van der Waals surface area contributed by atoms with Crippen molar-refractivity contribution in [3.8, 4) is 0 Å². The van der Waals surface area contributed by atoms with Crippen molar-refractivity contribution < 1.29 is 4.79 Å². The fourth-order valence-corrected chi connectivity index (χ4v) is 1.46. The van der Waals surface area contributed by atoms with Crippen molar-refractivity contribution in [3.05, 3.63) is 27.4 Å². The molecule has 1 heterocycles. The van der Waals surface area contributed by atoms with Crippen molar-refractivity contribution in [2.75, 3.05) is 6.54 Å². The zero-order valence-electron chi connectivity index (χ0n) is 9.29. The van der Waals surface area contributed by atoms with Crippen LogP contribution >= 0.6 is 11.6 Å². The van der Waals surface area contributed by atoms with Gasteiger partial charge in [-0.05, 0) is 13.3 Å². The molecule has 0 unspecified atom stereocenters. The summed E-state index contributed by atoms with van der Waals surface area (Å²) in [6.45, 7) is 4.18. The molecular weight excluding hydrogens is 230 g/mol. The van der Waals surface area contributed by atoms with Gasteiger partial charge in [-0.3, -0.25) is 14.2 Å². The second kappa shape index (κ2) is 5.65. The van der Waals surface area contributed by atoms with Gasteiger partial charge in [0.25, 0.3) is 5.56 Å². The highest BCUT2D eigenvalue weighted by Crippen LogP contribution is 2.00. The third-order valence-corrected chi connectivity index (χ3v) is 2.24. The van der Waals surface area contributed by atoms with Crippen molar-refractivity contribution in [2.45, 2.75) is 26.8 Å². The van der Waals surface area contributed by atoms with E-state index in [4.69, 9.17) is 11.6 Å². The summed E-state index contributed by atoms with van der Waals surface area (Å²) < 4.78 is 1.29. The zero-order chi connectivity index (χ0) is 12.1. The summed E-state index contributed by atoms with van der Waals surface area (Å²) in [7, 11) is 0. The lowest BCUT2D eigenvalue weighted by Crippen LogP contribution is -2.33. The molecule has 1 amide bonds. The molecule has 1 aromatic heterocycles. The molecule has 0 aliphatic heterocycles. The summed E-state index contributed by atoms with van der Waals surface area (Å²) in [6, 6.07) is 1.20. The van der Waals surface area contributed by atoms with Gasteiger partial charge in [0.05, 0.1) is 0 Å². The molecule has 0 saturated heterocycles. The van der Waals surface area contributed by atoms with E-state index in [1.807, 2.05) is 6.92 Å². The van der Waals surface area contributed by atoms with Crippen molar-refractivity contribution in [1.82, 2.24) is 14.9 Å². The lowest BCUT2D eigenvalue weighted by Gasteiger charge is -2.08. The van der Waals surface area contributed by atoms with Crippen LogP contribution in [-0.4, -0.2) is 22.0 Å². The van der Waals surface area contributed by atoms with Crippen LogP contribution in [-0.2, 0) is 11.3 Å². The number of rotatable bonds is 4. The van der Waals surface area contributed by atoms with Crippen molar-refractivity contribution >= 4 is 17.5 Å². The van der Waals surface area contributed by atoms with E-state index in [0.29, 0.717) is 12.4 Å². The number of halogens is 1. The van der Waals surface area contributed by atoms with Crippen LogP contribution in [0.15, 0.2) is 10.9 Å². The summed E-state index contributed by atoms with van der Waals surface area (Å²) in [5.41, 5.74) is -0.316. The second-order valence-corrected chi connectivity index (χ2v) is 3.79. The van der Waals surface area contributed by atoms with Gasteiger partial charge in [0.1, 0.15) is 17.5 Å². The quantitative estimate of drug-likeness (QED) is 0.793. The molecule has 0 aliphatic rings. The summed E-state index contributed by atoms with van der Waals surface area (Å²) >= 11 is 5.62. The smallest absolute Gasteiger partial charge is 0.255 e. The molecule has 0 atom stereocenters. The number of hydrogen-bond donors (Lipinski definition) is 1. The van der Waals surface area contributed by atoms with Crippen molar-refractivity contribution in [1.29, 1.82) is 0 Å². The van der Waals surface area contributed by atoms with Crippen LogP contribution in [0.25, 0.3) is 0 Å². The maximum absolute atomic E-state index is 11.5. The lowest BCUT2D eigenvalue weighted by atomic mass is 10.4. The number of hydrogen-bond acceptors (Lipinski definition) is 3. The Morgan fingerprint density at radius 2 is 2.31 bits per heavy atom. The van der Waals surface area contributed by atoms with Gasteiger partial charge < -0.3 is 5.32 Å². The fourth-order valence-electron chi connectivity index (χ4n) is 1.24. The van der Waals surface area contributed by atoms with Crippen LogP contribution in [0.4, 0.5) is 0 Å². The highest BCUT2D eigenvalue weighted by molar-refractivity contribution is 6.29. The Balaban J connectivity index is 2.81. The van der Waals surface area contributed by atoms with Gasteiger partial charge in [-0.2, -0.15) is 0 Å².